The SMILES string of the molecule is COc1ccccc1Nc1nccc(C(=O)NCc2ccncc2)n1. The van der Waals surface area contributed by atoms with Gasteiger partial charge < -0.3 is 15.4 Å². The number of methoxy groups -OCH3 is 1. The summed E-state index contributed by atoms with van der Waals surface area (Å²) in [6, 6.07) is 12.7. The molecule has 1 aromatic carbocycles. The number of anilines is 2. The minimum atomic E-state index is -0.276. The van der Waals surface area contributed by atoms with Gasteiger partial charge in [0, 0.05) is 25.1 Å². The van der Waals surface area contributed by atoms with E-state index in [0.29, 0.717) is 18.2 Å². The van der Waals surface area contributed by atoms with Gasteiger partial charge in [0.15, 0.2) is 0 Å². The van der Waals surface area contributed by atoms with Crippen molar-refractivity contribution in [2.45, 2.75) is 6.54 Å². The number of para-hydroxylation sites is 2. The zero-order chi connectivity index (χ0) is 17.5. The molecule has 0 bridgehead atoms. The van der Waals surface area contributed by atoms with E-state index in [4.69, 9.17) is 4.74 Å². The summed E-state index contributed by atoms with van der Waals surface area (Å²) >= 11 is 0. The van der Waals surface area contributed by atoms with Gasteiger partial charge in [-0.2, -0.15) is 0 Å². The third-order valence-electron chi connectivity index (χ3n) is 3.44. The monoisotopic (exact) mass is 335 g/mol. The second-order valence-electron chi connectivity index (χ2n) is 5.13. The lowest BCUT2D eigenvalue weighted by atomic mass is 10.2. The third-order valence-corrected chi connectivity index (χ3v) is 3.44. The number of benzene rings is 1. The summed E-state index contributed by atoms with van der Waals surface area (Å²) in [6.07, 6.45) is 4.90. The molecule has 0 radical (unpaired) electrons. The molecule has 1 amide bonds. The minimum absolute atomic E-state index is 0.276. The van der Waals surface area contributed by atoms with Gasteiger partial charge in [0.25, 0.3) is 5.91 Å². The van der Waals surface area contributed by atoms with Crippen LogP contribution in [0.4, 0.5) is 11.6 Å². The van der Waals surface area contributed by atoms with Crippen LogP contribution in [0.15, 0.2) is 61.1 Å². The van der Waals surface area contributed by atoms with Crippen LogP contribution in [-0.4, -0.2) is 28.0 Å². The maximum absolute atomic E-state index is 12.3. The van der Waals surface area contributed by atoms with Gasteiger partial charge >= 0.3 is 0 Å². The first-order valence-electron chi connectivity index (χ1n) is 7.66. The third kappa shape index (κ3) is 4.29. The van der Waals surface area contributed by atoms with Gasteiger partial charge in [0.05, 0.1) is 12.8 Å². The topological polar surface area (TPSA) is 89.0 Å². The zero-order valence-electron chi connectivity index (χ0n) is 13.6. The Kier molecular flexibility index (Phi) is 5.16. The van der Waals surface area contributed by atoms with E-state index in [0.717, 1.165) is 11.3 Å². The molecule has 0 aliphatic carbocycles. The molecule has 7 heteroatoms. The molecular weight excluding hydrogens is 318 g/mol. The van der Waals surface area contributed by atoms with Gasteiger partial charge in [-0.25, -0.2) is 9.97 Å². The number of carbonyl (C=O) groups excluding carboxylic acids is 1. The van der Waals surface area contributed by atoms with Crippen LogP contribution in [0.25, 0.3) is 0 Å². The Morgan fingerprint density at radius 2 is 1.88 bits per heavy atom. The van der Waals surface area contributed by atoms with Crippen molar-refractivity contribution < 1.29 is 9.53 Å². The van der Waals surface area contributed by atoms with Crippen LogP contribution in [-0.2, 0) is 6.54 Å². The second kappa shape index (κ2) is 7.87. The van der Waals surface area contributed by atoms with E-state index >= 15 is 0 Å². The highest BCUT2D eigenvalue weighted by Gasteiger charge is 2.10. The lowest BCUT2D eigenvalue weighted by Crippen LogP contribution is -2.24. The van der Waals surface area contributed by atoms with Gasteiger partial charge in [-0.05, 0) is 35.9 Å². The summed E-state index contributed by atoms with van der Waals surface area (Å²) in [6.45, 7) is 0.403. The molecule has 0 aliphatic heterocycles. The summed E-state index contributed by atoms with van der Waals surface area (Å²) in [5, 5.41) is 5.88. The molecule has 0 saturated carbocycles. The van der Waals surface area contributed by atoms with Gasteiger partial charge in [-0.15, -0.1) is 0 Å². The molecule has 2 N–H and O–H groups in total. The first-order valence-corrected chi connectivity index (χ1v) is 7.66. The van der Waals surface area contributed by atoms with Crippen LogP contribution in [0.2, 0.25) is 0 Å². The molecule has 2 heterocycles. The fraction of sp³-hybridized carbons (Fsp3) is 0.111. The maximum atomic E-state index is 12.3. The standard InChI is InChI=1S/C18H17N5O2/c1-25-16-5-3-2-4-14(16)22-18-20-11-8-15(23-18)17(24)21-12-13-6-9-19-10-7-13/h2-11H,12H2,1H3,(H,21,24)(H,20,22,23). The number of amides is 1. The molecule has 3 rings (SSSR count). The molecule has 0 aliphatic rings. The van der Waals surface area contributed by atoms with Crippen molar-refractivity contribution in [3.05, 3.63) is 72.3 Å². The van der Waals surface area contributed by atoms with E-state index in [1.807, 2.05) is 36.4 Å². The maximum Gasteiger partial charge on any atom is 0.270 e. The number of hydrogen-bond acceptors (Lipinski definition) is 6. The van der Waals surface area contributed by atoms with Crippen molar-refractivity contribution in [3.8, 4) is 5.75 Å². The Morgan fingerprint density at radius 1 is 1.08 bits per heavy atom. The fourth-order valence-electron chi connectivity index (χ4n) is 2.19. The summed E-state index contributed by atoms with van der Waals surface area (Å²) in [4.78, 5) is 24.6. The molecule has 7 nitrogen and oxygen atoms in total. The van der Waals surface area contributed by atoms with Crippen LogP contribution in [0.3, 0.4) is 0 Å². The molecular formula is C18H17N5O2. The van der Waals surface area contributed by atoms with Gasteiger partial charge in [-0.1, -0.05) is 12.1 Å². The fourth-order valence-corrected chi connectivity index (χ4v) is 2.19. The Morgan fingerprint density at radius 3 is 2.68 bits per heavy atom. The lowest BCUT2D eigenvalue weighted by molar-refractivity contribution is 0.0946. The first-order chi connectivity index (χ1) is 12.3. The minimum Gasteiger partial charge on any atom is -0.495 e. The molecule has 2 aromatic heterocycles. The van der Waals surface area contributed by atoms with Crippen molar-refractivity contribution in [1.82, 2.24) is 20.3 Å². The molecule has 25 heavy (non-hydrogen) atoms. The average molecular weight is 335 g/mol. The normalized spacial score (nSPS) is 10.1. The molecule has 0 saturated heterocycles. The number of rotatable bonds is 6. The number of hydrogen-bond donors (Lipinski definition) is 2. The molecule has 0 unspecified atom stereocenters. The van der Waals surface area contributed by atoms with Gasteiger partial charge in [0.2, 0.25) is 5.95 Å². The average Bonchev–Trinajstić information content (AvgIpc) is 2.67. The van der Waals surface area contributed by atoms with Gasteiger partial charge in [-0.3, -0.25) is 9.78 Å². The Balaban J connectivity index is 1.69. The van der Waals surface area contributed by atoms with Crippen molar-refractivity contribution in [3.63, 3.8) is 0 Å². The van der Waals surface area contributed by atoms with E-state index in [9.17, 15) is 4.79 Å². The Hall–Kier alpha value is -3.48. The number of ether oxygens (including phenoxy) is 1. The number of nitrogens with one attached hydrogen (secondary N) is 2. The van der Waals surface area contributed by atoms with Crippen LogP contribution in [0, 0.1) is 0 Å². The number of pyridine rings is 1. The smallest absolute Gasteiger partial charge is 0.270 e. The predicted octanol–water partition coefficient (Wildman–Crippen LogP) is 2.55. The van der Waals surface area contributed by atoms with E-state index in [1.54, 1.807) is 25.6 Å². The van der Waals surface area contributed by atoms with Crippen molar-refractivity contribution in [1.29, 1.82) is 0 Å². The van der Waals surface area contributed by atoms with E-state index in [-0.39, 0.29) is 11.6 Å². The second-order valence-corrected chi connectivity index (χ2v) is 5.13. The zero-order valence-corrected chi connectivity index (χ0v) is 13.6. The highest BCUT2D eigenvalue weighted by atomic mass is 16.5. The predicted molar refractivity (Wildman–Crippen MR) is 93.7 cm³/mol. The lowest BCUT2D eigenvalue weighted by Gasteiger charge is -2.10. The highest BCUT2D eigenvalue weighted by molar-refractivity contribution is 5.92. The van der Waals surface area contributed by atoms with Crippen LogP contribution in [0.5, 0.6) is 5.75 Å². The summed E-state index contributed by atoms with van der Waals surface area (Å²) in [5.41, 5.74) is 1.96. The Bertz CT molecular complexity index is 855. The van der Waals surface area contributed by atoms with Gasteiger partial charge in [0.1, 0.15) is 11.4 Å². The van der Waals surface area contributed by atoms with Crippen molar-refractivity contribution >= 4 is 17.5 Å². The van der Waals surface area contributed by atoms with Crippen molar-refractivity contribution in [2.75, 3.05) is 12.4 Å². The number of aromatic nitrogens is 3. The molecule has 0 fully saturated rings. The molecule has 0 atom stereocenters. The quantitative estimate of drug-likeness (QED) is 0.720. The summed E-state index contributed by atoms with van der Waals surface area (Å²) < 4.78 is 5.28. The van der Waals surface area contributed by atoms with E-state index in [2.05, 4.69) is 25.6 Å². The largest absolute Gasteiger partial charge is 0.495 e. The molecule has 126 valence electrons. The van der Waals surface area contributed by atoms with Crippen molar-refractivity contribution in [2.24, 2.45) is 0 Å². The summed E-state index contributed by atoms with van der Waals surface area (Å²) in [7, 11) is 1.59. The molecule has 0 spiro atoms. The first kappa shape index (κ1) is 16.4. The number of carbonyl (C=O) groups is 1. The van der Waals surface area contributed by atoms with E-state index < -0.39 is 0 Å². The summed E-state index contributed by atoms with van der Waals surface area (Å²) in [5.74, 6) is 0.710. The van der Waals surface area contributed by atoms with Crippen LogP contribution in [0.1, 0.15) is 16.1 Å². The molecule has 3 aromatic rings. The highest BCUT2D eigenvalue weighted by Crippen LogP contribution is 2.25. The van der Waals surface area contributed by atoms with E-state index in [1.165, 1.54) is 6.20 Å². The number of nitrogens with zero attached hydrogens (tertiary/aromatic N) is 3. The van der Waals surface area contributed by atoms with Crippen LogP contribution < -0.4 is 15.4 Å². The van der Waals surface area contributed by atoms with Crippen LogP contribution >= 0.6 is 0 Å². The Labute approximate surface area is 145 Å².